The zero-order chi connectivity index (χ0) is 14.6. The van der Waals surface area contributed by atoms with Crippen LogP contribution in [0.5, 0.6) is 5.75 Å². The van der Waals surface area contributed by atoms with Crippen LogP contribution >= 0.6 is 0 Å². The Morgan fingerprint density at radius 3 is 2.15 bits per heavy atom. The summed E-state index contributed by atoms with van der Waals surface area (Å²) in [5.41, 5.74) is 0.483. The lowest BCUT2D eigenvalue weighted by Crippen LogP contribution is -2.12. The smallest absolute Gasteiger partial charge is 0.308 e. The Hall–Kier alpha value is -2.34. The first kappa shape index (κ1) is 14.1. The normalized spacial score (nSPS) is 10.8. The van der Waals surface area contributed by atoms with Gasteiger partial charge in [-0.2, -0.15) is 0 Å². The molecule has 0 aliphatic rings. The Kier molecular flexibility index (Phi) is 4.05. The molecular formula is C14H13NO4S. The van der Waals surface area contributed by atoms with Gasteiger partial charge in [0.1, 0.15) is 5.75 Å². The maximum absolute atomic E-state index is 12.1. The van der Waals surface area contributed by atoms with E-state index in [0.29, 0.717) is 11.4 Å². The minimum atomic E-state index is -3.65. The van der Waals surface area contributed by atoms with E-state index in [4.69, 9.17) is 4.74 Å². The molecule has 0 unspecified atom stereocenters. The predicted molar refractivity (Wildman–Crippen MR) is 75.0 cm³/mol. The van der Waals surface area contributed by atoms with Gasteiger partial charge in [0.05, 0.1) is 4.90 Å². The maximum Gasteiger partial charge on any atom is 0.308 e. The van der Waals surface area contributed by atoms with Crippen LogP contribution < -0.4 is 9.46 Å². The van der Waals surface area contributed by atoms with E-state index in [1.165, 1.54) is 31.2 Å². The van der Waals surface area contributed by atoms with Gasteiger partial charge >= 0.3 is 5.97 Å². The van der Waals surface area contributed by atoms with E-state index in [1.807, 2.05) is 0 Å². The van der Waals surface area contributed by atoms with Crippen LogP contribution in [-0.4, -0.2) is 14.4 Å². The van der Waals surface area contributed by atoms with Gasteiger partial charge in [0, 0.05) is 12.6 Å². The number of sulfonamides is 1. The molecule has 0 aliphatic heterocycles. The van der Waals surface area contributed by atoms with E-state index >= 15 is 0 Å². The SMILES string of the molecule is CC(=O)Oc1ccc(S(=O)(=O)Nc2ccccc2)cc1. The van der Waals surface area contributed by atoms with Crippen molar-refractivity contribution in [2.24, 2.45) is 0 Å². The molecule has 0 amide bonds. The Bertz CT molecular complexity index is 694. The Labute approximate surface area is 117 Å². The Morgan fingerprint density at radius 1 is 1.00 bits per heavy atom. The van der Waals surface area contributed by atoms with Crippen LogP contribution in [0.2, 0.25) is 0 Å². The highest BCUT2D eigenvalue weighted by Crippen LogP contribution is 2.19. The second-order valence-corrected chi connectivity index (χ2v) is 5.72. The van der Waals surface area contributed by atoms with Crippen LogP contribution in [0.3, 0.4) is 0 Å². The van der Waals surface area contributed by atoms with Gasteiger partial charge in [-0.3, -0.25) is 9.52 Å². The van der Waals surface area contributed by atoms with E-state index in [2.05, 4.69) is 4.72 Å². The average Bonchev–Trinajstić information content (AvgIpc) is 2.39. The summed E-state index contributed by atoms with van der Waals surface area (Å²) in [5.74, 6) is -0.154. The molecule has 104 valence electrons. The molecule has 0 saturated carbocycles. The van der Waals surface area contributed by atoms with Gasteiger partial charge in [0.2, 0.25) is 0 Å². The summed E-state index contributed by atoms with van der Waals surface area (Å²) >= 11 is 0. The van der Waals surface area contributed by atoms with Crippen LogP contribution in [-0.2, 0) is 14.8 Å². The molecule has 0 spiro atoms. The van der Waals surface area contributed by atoms with Crippen molar-refractivity contribution in [3.63, 3.8) is 0 Å². The number of nitrogens with one attached hydrogen (secondary N) is 1. The first-order valence-electron chi connectivity index (χ1n) is 5.84. The Balaban J connectivity index is 2.19. The summed E-state index contributed by atoms with van der Waals surface area (Å²) < 4.78 is 31.5. The second-order valence-electron chi connectivity index (χ2n) is 4.04. The minimum Gasteiger partial charge on any atom is -0.427 e. The van der Waals surface area contributed by atoms with Crippen molar-refractivity contribution in [3.8, 4) is 5.75 Å². The van der Waals surface area contributed by atoms with Gasteiger partial charge < -0.3 is 4.74 Å². The van der Waals surface area contributed by atoms with Crippen LogP contribution in [0.25, 0.3) is 0 Å². The highest BCUT2D eigenvalue weighted by molar-refractivity contribution is 7.92. The number of benzene rings is 2. The fourth-order valence-electron chi connectivity index (χ4n) is 1.57. The topological polar surface area (TPSA) is 72.5 Å². The number of anilines is 1. The first-order valence-corrected chi connectivity index (χ1v) is 7.32. The van der Waals surface area contributed by atoms with Crippen molar-refractivity contribution in [3.05, 3.63) is 54.6 Å². The third-order valence-corrected chi connectivity index (χ3v) is 3.82. The third kappa shape index (κ3) is 3.58. The molecule has 0 atom stereocenters. The largest absolute Gasteiger partial charge is 0.427 e. The van der Waals surface area contributed by atoms with Crippen LogP contribution in [0.15, 0.2) is 59.5 Å². The summed E-state index contributed by atoms with van der Waals surface area (Å²) in [6.45, 7) is 1.28. The monoisotopic (exact) mass is 291 g/mol. The second kappa shape index (κ2) is 5.75. The molecule has 0 heterocycles. The molecule has 20 heavy (non-hydrogen) atoms. The van der Waals surface area contributed by atoms with Crippen molar-refractivity contribution in [1.29, 1.82) is 0 Å². The van der Waals surface area contributed by atoms with E-state index in [-0.39, 0.29) is 4.90 Å². The standard InChI is InChI=1S/C14H13NO4S/c1-11(16)19-13-7-9-14(10-8-13)20(17,18)15-12-5-3-2-4-6-12/h2-10,15H,1H3. The lowest BCUT2D eigenvalue weighted by molar-refractivity contribution is -0.131. The van der Waals surface area contributed by atoms with E-state index in [0.717, 1.165) is 0 Å². The van der Waals surface area contributed by atoms with Gasteiger partial charge in [-0.15, -0.1) is 0 Å². The number of carbonyl (C=O) groups excluding carboxylic acids is 1. The highest BCUT2D eigenvalue weighted by atomic mass is 32.2. The van der Waals surface area contributed by atoms with E-state index < -0.39 is 16.0 Å². The number of para-hydroxylation sites is 1. The molecule has 0 saturated heterocycles. The molecule has 6 heteroatoms. The van der Waals surface area contributed by atoms with E-state index in [1.54, 1.807) is 30.3 Å². The van der Waals surface area contributed by atoms with Gasteiger partial charge in [-0.1, -0.05) is 18.2 Å². The maximum atomic E-state index is 12.1. The van der Waals surface area contributed by atoms with Gasteiger partial charge in [-0.25, -0.2) is 8.42 Å². The number of rotatable bonds is 4. The lowest BCUT2D eigenvalue weighted by Gasteiger charge is -2.08. The average molecular weight is 291 g/mol. The summed E-state index contributed by atoms with van der Waals surface area (Å²) in [6, 6.07) is 14.2. The van der Waals surface area contributed by atoms with Crippen molar-refractivity contribution in [2.45, 2.75) is 11.8 Å². The zero-order valence-corrected chi connectivity index (χ0v) is 11.6. The molecule has 2 aromatic rings. The third-order valence-electron chi connectivity index (χ3n) is 2.42. The molecule has 0 radical (unpaired) electrons. The number of esters is 1. The molecule has 0 aromatic heterocycles. The summed E-state index contributed by atoms with van der Waals surface area (Å²) in [5, 5.41) is 0. The zero-order valence-electron chi connectivity index (χ0n) is 10.7. The summed E-state index contributed by atoms with van der Waals surface area (Å²) in [7, 11) is -3.65. The molecule has 1 N–H and O–H groups in total. The van der Waals surface area contributed by atoms with Crippen molar-refractivity contribution < 1.29 is 17.9 Å². The predicted octanol–water partition coefficient (Wildman–Crippen LogP) is 2.41. The minimum absolute atomic E-state index is 0.0947. The van der Waals surface area contributed by atoms with Crippen molar-refractivity contribution in [2.75, 3.05) is 4.72 Å². The van der Waals surface area contributed by atoms with Crippen LogP contribution in [0.4, 0.5) is 5.69 Å². The molecule has 0 fully saturated rings. The van der Waals surface area contributed by atoms with Crippen molar-refractivity contribution >= 4 is 21.7 Å². The van der Waals surface area contributed by atoms with Gasteiger partial charge in [-0.05, 0) is 36.4 Å². The summed E-state index contributed by atoms with van der Waals surface area (Å²) in [6.07, 6.45) is 0. The van der Waals surface area contributed by atoms with E-state index in [9.17, 15) is 13.2 Å². The van der Waals surface area contributed by atoms with Gasteiger partial charge in [0.15, 0.2) is 0 Å². The first-order chi connectivity index (χ1) is 9.47. The molecular weight excluding hydrogens is 278 g/mol. The summed E-state index contributed by atoms with van der Waals surface area (Å²) in [4.78, 5) is 10.9. The Morgan fingerprint density at radius 2 is 1.60 bits per heavy atom. The molecule has 2 aromatic carbocycles. The quantitative estimate of drug-likeness (QED) is 0.693. The molecule has 5 nitrogen and oxygen atoms in total. The molecule has 0 aliphatic carbocycles. The molecule has 2 rings (SSSR count). The fraction of sp³-hybridized carbons (Fsp3) is 0.0714. The highest BCUT2D eigenvalue weighted by Gasteiger charge is 2.14. The number of hydrogen-bond acceptors (Lipinski definition) is 4. The van der Waals surface area contributed by atoms with Crippen molar-refractivity contribution in [1.82, 2.24) is 0 Å². The van der Waals surface area contributed by atoms with Gasteiger partial charge in [0.25, 0.3) is 10.0 Å². The molecule has 0 bridgehead atoms. The lowest BCUT2D eigenvalue weighted by atomic mass is 10.3. The fourth-order valence-corrected chi connectivity index (χ4v) is 2.63. The number of ether oxygens (including phenoxy) is 1. The number of hydrogen-bond donors (Lipinski definition) is 1. The number of carbonyl (C=O) groups is 1. The van der Waals surface area contributed by atoms with Crippen LogP contribution in [0, 0.1) is 0 Å². The van der Waals surface area contributed by atoms with Crippen LogP contribution in [0.1, 0.15) is 6.92 Å².